The first-order valence-corrected chi connectivity index (χ1v) is 8.71. The number of carbonyl (C=O) groups excluding carboxylic acids is 1. The van der Waals surface area contributed by atoms with Gasteiger partial charge in [-0.3, -0.25) is 9.59 Å². The normalized spacial score (nSPS) is 12.9. The highest BCUT2D eigenvalue weighted by atomic mass is 19.1. The molecule has 1 amide bonds. The molecule has 2 rings (SSSR count). The first kappa shape index (κ1) is 21.1. The third kappa shape index (κ3) is 4.93. The minimum absolute atomic E-state index is 0.227. The molecule has 0 unspecified atom stereocenters. The van der Waals surface area contributed by atoms with Crippen LogP contribution in [0, 0.1) is 11.7 Å². The quantitative estimate of drug-likeness (QED) is 0.708. The lowest BCUT2D eigenvalue weighted by molar-refractivity contribution is -0.143. The van der Waals surface area contributed by atoms with Crippen LogP contribution in [-0.4, -0.2) is 39.9 Å². The van der Waals surface area contributed by atoms with E-state index in [2.05, 4.69) is 10.4 Å². The van der Waals surface area contributed by atoms with Crippen LogP contribution in [0.1, 0.15) is 20.3 Å². The van der Waals surface area contributed by atoms with Gasteiger partial charge in [0.1, 0.15) is 24.2 Å². The molecule has 0 aliphatic heterocycles. The third-order valence-electron chi connectivity index (χ3n) is 4.40. The lowest BCUT2D eigenvalue weighted by Gasteiger charge is -2.20. The summed E-state index contributed by atoms with van der Waals surface area (Å²) in [5, 5.41) is 15.8. The number of nitrogens with zero attached hydrogens (tertiary/aromatic N) is 2. The number of halogens is 1. The predicted octanol–water partition coefficient (Wildman–Crippen LogP) is 1.67. The van der Waals surface area contributed by atoms with Gasteiger partial charge in [-0.25, -0.2) is 13.9 Å². The van der Waals surface area contributed by atoms with Crippen molar-refractivity contribution < 1.29 is 23.8 Å². The first-order chi connectivity index (χ1) is 13.3. The maximum Gasteiger partial charge on any atom is 0.326 e. The summed E-state index contributed by atoms with van der Waals surface area (Å²) in [5.74, 6) is -2.33. The largest absolute Gasteiger partial charge is 0.496 e. The maximum absolute atomic E-state index is 13.4. The Morgan fingerprint density at radius 2 is 2.04 bits per heavy atom. The molecule has 28 heavy (non-hydrogen) atoms. The zero-order valence-corrected chi connectivity index (χ0v) is 15.8. The fourth-order valence-electron chi connectivity index (χ4n) is 2.62. The van der Waals surface area contributed by atoms with Crippen LogP contribution in [-0.2, 0) is 16.1 Å². The number of aromatic nitrogens is 2. The molecule has 2 N–H and O–H groups in total. The molecule has 0 aliphatic rings. The molecule has 9 heteroatoms. The molecular weight excluding hydrogens is 369 g/mol. The van der Waals surface area contributed by atoms with Crippen molar-refractivity contribution in [1.29, 1.82) is 0 Å². The van der Waals surface area contributed by atoms with Crippen molar-refractivity contribution in [3.05, 3.63) is 46.5 Å². The minimum atomic E-state index is -1.15. The highest BCUT2D eigenvalue weighted by Gasteiger charge is 2.25. The fourth-order valence-corrected chi connectivity index (χ4v) is 2.62. The van der Waals surface area contributed by atoms with Crippen LogP contribution >= 0.6 is 0 Å². The van der Waals surface area contributed by atoms with E-state index in [1.165, 1.54) is 37.4 Å². The summed E-state index contributed by atoms with van der Waals surface area (Å²) in [6.07, 6.45) is 0.565. The zero-order valence-electron chi connectivity index (χ0n) is 15.8. The summed E-state index contributed by atoms with van der Waals surface area (Å²) in [6.45, 7) is 3.08. The Kier molecular flexibility index (Phi) is 6.86. The Bertz CT molecular complexity index is 928. The molecule has 0 bridgehead atoms. The summed E-state index contributed by atoms with van der Waals surface area (Å²) < 4.78 is 19.4. The number of methoxy groups -OCH3 is 1. The average molecular weight is 391 g/mol. The van der Waals surface area contributed by atoms with Gasteiger partial charge in [-0.1, -0.05) is 20.3 Å². The van der Waals surface area contributed by atoms with Crippen molar-refractivity contribution in [2.45, 2.75) is 32.9 Å². The summed E-state index contributed by atoms with van der Waals surface area (Å²) >= 11 is 0. The third-order valence-corrected chi connectivity index (χ3v) is 4.40. The topological polar surface area (TPSA) is 111 Å². The molecule has 0 fully saturated rings. The summed E-state index contributed by atoms with van der Waals surface area (Å²) in [4.78, 5) is 35.7. The number of carboxylic acid groups (broad SMARTS) is 1. The molecule has 150 valence electrons. The van der Waals surface area contributed by atoms with Crippen LogP contribution in [0.2, 0.25) is 0 Å². The highest BCUT2D eigenvalue weighted by molar-refractivity contribution is 5.83. The lowest BCUT2D eigenvalue weighted by atomic mass is 9.99. The van der Waals surface area contributed by atoms with E-state index < -0.39 is 35.8 Å². The molecule has 0 saturated carbocycles. The van der Waals surface area contributed by atoms with E-state index >= 15 is 0 Å². The van der Waals surface area contributed by atoms with Crippen LogP contribution in [0.4, 0.5) is 4.39 Å². The number of carbonyl (C=O) groups is 2. The standard InChI is InChI=1S/C19H22FN3O5/c1-4-11(2)18(19(26)27)21-16(24)10-23-17(25)8-7-14(22-23)13-6-5-12(20)9-15(13)28-3/h5-9,11,18H,4,10H2,1-3H3,(H,21,24)(H,26,27)/t11-,18-/m1/s1. The number of nitrogens with one attached hydrogen (secondary N) is 1. The predicted molar refractivity (Wildman–Crippen MR) is 99.5 cm³/mol. The van der Waals surface area contributed by atoms with E-state index in [1.54, 1.807) is 6.92 Å². The number of hydrogen-bond acceptors (Lipinski definition) is 5. The molecule has 1 aromatic carbocycles. The van der Waals surface area contributed by atoms with Crippen molar-refractivity contribution in [3.8, 4) is 17.0 Å². The van der Waals surface area contributed by atoms with Gasteiger partial charge in [-0.05, 0) is 24.1 Å². The summed E-state index contributed by atoms with van der Waals surface area (Å²) in [5.41, 5.74) is 0.220. The SMILES string of the molecule is CC[C@@H](C)[C@@H](NC(=O)Cn1nc(-c2ccc(F)cc2OC)ccc1=O)C(=O)O. The van der Waals surface area contributed by atoms with Gasteiger partial charge in [0.25, 0.3) is 5.56 Å². The van der Waals surface area contributed by atoms with E-state index in [0.717, 1.165) is 4.68 Å². The second-order valence-electron chi connectivity index (χ2n) is 6.33. The van der Waals surface area contributed by atoms with Crippen molar-refractivity contribution in [2.75, 3.05) is 7.11 Å². The Hall–Kier alpha value is -3.23. The molecule has 1 heterocycles. The van der Waals surface area contributed by atoms with Gasteiger partial charge in [0.2, 0.25) is 5.91 Å². The number of aliphatic carboxylic acids is 1. The Morgan fingerprint density at radius 1 is 1.32 bits per heavy atom. The number of rotatable bonds is 8. The summed E-state index contributed by atoms with van der Waals surface area (Å²) in [7, 11) is 1.38. The second kappa shape index (κ2) is 9.12. The summed E-state index contributed by atoms with van der Waals surface area (Å²) in [6, 6.07) is 5.46. The smallest absolute Gasteiger partial charge is 0.326 e. The van der Waals surface area contributed by atoms with Gasteiger partial charge in [0.15, 0.2) is 0 Å². The van der Waals surface area contributed by atoms with Crippen molar-refractivity contribution in [2.24, 2.45) is 5.92 Å². The molecular formula is C19H22FN3O5. The molecule has 0 saturated heterocycles. The van der Waals surface area contributed by atoms with Crippen molar-refractivity contribution in [1.82, 2.24) is 15.1 Å². The van der Waals surface area contributed by atoms with Gasteiger partial charge in [-0.15, -0.1) is 0 Å². The minimum Gasteiger partial charge on any atom is -0.496 e. The Morgan fingerprint density at radius 3 is 2.64 bits per heavy atom. The molecule has 8 nitrogen and oxygen atoms in total. The van der Waals surface area contributed by atoms with E-state index in [9.17, 15) is 23.9 Å². The maximum atomic E-state index is 13.4. The van der Waals surface area contributed by atoms with Crippen LogP contribution in [0.15, 0.2) is 35.1 Å². The molecule has 2 atom stereocenters. The highest BCUT2D eigenvalue weighted by Crippen LogP contribution is 2.28. The number of benzene rings is 1. The molecule has 0 spiro atoms. The van der Waals surface area contributed by atoms with E-state index in [4.69, 9.17) is 4.74 Å². The number of carboxylic acids is 1. The Labute approximate surface area is 160 Å². The van der Waals surface area contributed by atoms with Crippen LogP contribution in [0.5, 0.6) is 5.75 Å². The van der Waals surface area contributed by atoms with E-state index in [1.807, 2.05) is 6.92 Å². The Balaban J connectivity index is 2.28. The lowest BCUT2D eigenvalue weighted by Crippen LogP contribution is -2.47. The van der Waals surface area contributed by atoms with Gasteiger partial charge in [-0.2, -0.15) is 5.10 Å². The van der Waals surface area contributed by atoms with Gasteiger partial charge in [0.05, 0.1) is 12.8 Å². The van der Waals surface area contributed by atoms with Crippen LogP contribution < -0.4 is 15.6 Å². The van der Waals surface area contributed by atoms with E-state index in [-0.39, 0.29) is 11.7 Å². The second-order valence-corrected chi connectivity index (χ2v) is 6.33. The van der Waals surface area contributed by atoms with Gasteiger partial charge < -0.3 is 15.2 Å². The fraction of sp³-hybridized carbons (Fsp3) is 0.368. The monoisotopic (exact) mass is 391 g/mol. The number of amides is 1. The van der Waals surface area contributed by atoms with Crippen LogP contribution in [0.25, 0.3) is 11.3 Å². The number of hydrogen-bond donors (Lipinski definition) is 2. The van der Waals surface area contributed by atoms with Gasteiger partial charge in [0, 0.05) is 17.7 Å². The van der Waals surface area contributed by atoms with Crippen molar-refractivity contribution >= 4 is 11.9 Å². The van der Waals surface area contributed by atoms with Gasteiger partial charge >= 0.3 is 5.97 Å². The molecule has 2 aromatic rings. The average Bonchev–Trinajstić information content (AvgIpc) is 2.67. The van der Waals surface area contributed by atoms with Crippen LogP contribution in [0.3, 0.4) is 0 Å². The molecule has 0 aliphatic carbocycles. The zero-order chi connectivity index (χ0) is 20.8. The molecule has 1 aromatic heterocycles. The first-order valence-electron chi connectivity index (χ1n) is 8.71. The number of ether oxygens (including phenoxy) is 1. The molecule has 0 radical (unpaired) electrons. The van der Waals surface area contributed by atoms with Crippen molar-refractivity contribution in [3.63, 3.8) is 0 Å². The van der Waals surface area contributed by atoms with E-state index in [0.29, 0.717) is 17.7 Å².